The molecule has 0 unspecified atom stereocenters. The summed E-state index contributed by atoms with van der Waals surface area (Å²) in [6.45, 7) is 7.21. The Morgan fingerprint density at radius 3 is 2.41 bits per heavy atom. The van der Waals surface area contributed by atoms with Crippen molar-refractivity contribution in [2.24, 2.45) is 0 Å². The highest BCUT2D eigenvalue weighted by Gasteiger charge is 2.52. The van der Waals surface area contributed by atoms with E-state index in [4.69, 9.17) is 21.6 Å². The first-order valence-corrected chi connectivity index (χ1v) is 6.70. The molecular formula is C16H21BN2O3. The molecule has 2 aromatic rings. The summed E-state index contributed by atoms with van der Waals surface area (Å²) in [6.07, 6.45) is -0.794. The molecule has 2 heterocycles. The molecule has 0 spiro atoms. The Hall–Kier alpha value is -1.79. The molecule has 1 fully saturated rings. The van der Waals surface area contributed by atoms with Gasteiger partial charge in [-0.1, -0.05) is 0 Å². The van der Waals surface area contributed by atoms with Crippen LogP contribution in [-0.2, 0) is 9.31 Å². The SMILES string of the molecule is [2H]c1nn(-c2c([2H])c([2H])c(OC([2H])([2H])[2H])c([2H])c2[2H])c([2H])c1B1OC(C)(C)C(C)(C)O1. The fourth-order valence-corrected chi connectivity index (χ4v) is 1.89. The van der Waals surface area contributed by atoms with E-state index in [9.17, 15) is 0 Å². The van der Waals surface area contributed by atoms with Crippen LogP contribution in [0.4, 0.5) is 0 Å². The molecule has 0 N–H and O–H groups in total. The molecule has 0 amide bonds. The van der Waals surface area contributed by atoms with Crippen LogP contribution < -0.4 is 10.2 Å². The topological polar surface area (TPSA) is 45.5 Å². The van der Waals surface area contributed by atoms with Crippen molar-refractivity contribution >= 4 is 12.6 Å². The number of nitrogens with zero attached hydrogens (tertiary/aromatic N) is 2. The smallest absolute Gasteiger partial charge is 0.497 e. The van der Waals surface area contributed by atoms with Gasteiger partial charge in [0.05, 0.1) is 36.3 Å². The van der Waals surface area contributed by atoms with Crippen molar-refractivity contribution in [3.63, 3.8) is 0 Å². The minimum Gasteiger partial charge on any atom is -0.497 e. The second-order valence-electron chi connectivity index (χ2n) is 5.92. The van der Waals surface area contributed by atoms with Crippen LogP contribution in [0.25, 0.3) is 5.69 Å². The van der Waals surface area contributed by atoms with Crippen molar-refractivity contribution in [3.8, 4) is 11.4 Å². The molecule has 1 saturated heterocycles. The number of rotatable bonds is 3. The van der Waals surface area contributed by atoms with Crippen LogP contribution >= 0.6 is 0 Å². The van der Waals surface area contributed by atoms with E-state index in [0.29, 0.717) is 0 Å². The fourth-order valence-electron chi connectivity index (χ4n) is 1.89. The molecule has 0 atom stereocenters. The monoisotopic (exact) mass is 309 g/mol. The summed E-state index contributed by atoms with van der Waals surface area (Å²) in [5, 5.41) is 3.91. The number of hydrogen-bond donors (Lipinski definition) is 0. The maximum Gasteiger partial charge on any atom is 0.498 e. The number of aromatic nitrogens is 2. The molecule has 1 aromatic heterocycles. The van der Waals surface area contributed by atoms with Gasteiger partial charge in [0.25, 0.3) is 0 Å². The van der Waals surface area contributed by atoms with Gasteiger partial charge in [-0.2, -0.15) is 5.10 Å². The molecule has 116 valence electrons. The molecule has 0 radical (unpaired) electrons. The zero-order valence-electron chi connectivity index (χ0n) is 21.7. The first-order valence-electron chi connectivity index (χ1n) is 11.2. The zero-order valence-corrected chi connectivity index (χ0v) is 12.7. The summed E-state index contributed by atoms with van der Waals surface area (Å²) in [6, 6.07) is -2.83. The standard InChI is InChI=1S/C16H21BN2O3/c1-15(2)16(3,4)22-17(21-15)12-10-18-19(11-12)13-6-8-14(20-5)9-7-13/h6-11H,1-5H3/i5D3,6D,7D,8D,9D,10D,11D. The predicted molar refractivity (Wildman–Crippen MR) is 85.8 cm³/mol. The molecule has 0 aliphatic carbocycles. The van der Waals surface area contributed by atoms with Crippen LogP contribution in [0.5, 0.6) is 5.75 Å². The normalized spacial score (nSPS) is 25.8. The van der Waals surface area contributed by atoms with Crippen molar-refractivity contribution in [3.05, 3.63) is 36.5 Å². The Labute approximate surface area is 144 Å². The third-order valence-corrected chi connectivity index (χ3v) is 3.89. The molecule has 0 bridgehead atoms. The molecule has 1 aliphatic rings. The van der Waals surface area contributed by atoms with E-state index in [2.05, 4.69) is 9.84 Å². The van der Waals surface area contributed by atoms with Crippen molar-refractivity contribution in [1.82, 2.24) is 9.78 Å². The molecule has 1 aliphatic heterocycles. The molecule has 22 heavy (non-hydrogen) atoms. The van der Waals surface area contributed by atoms with Crippen molar-refractivity contribution in [2.45, 2.75) is 38.9 Å². The average molecular weight is 309 g/mol. The zero-order chi connectivity index (χ0) is 23.7. The van der Waals surface area contributed by atoms with E-state index in [-0.39, 0.29) is 11.6 Å². The molecular weight excluding hydrogens is 279 g/mol. The first kappa shape index (κ1) is 7.66. The first-order chi connectivity index (χ1) is 14.0. The lowest BCUT2D eigenvalue weighted by Gasteiger charge is -2.32. The summed E-state index contributed by atoms with van der Waals surface area (Å²) < 4.78 is 87.8. The summed E-state index contributed by atoms with van der Waals surface area (Å²) in [4.78, 5) is 0. The van der Waals surface area contributed by atoms with Crippen LogP contribution in [0.2, 0.25) is 0 Å². The Bertz CT molecular complexity index is 1010. The van der Waals surface area contributed by atoms with Crippen molar-refractivity contribution in [1.29, 1.82) is 0 Å². The van der Waals surface area contributed by atoms with Gasteiger partial charge in [0.15, 0.2) is 0 Å². The number of hydrogen-bond acceptors (Lipinski definition) is 4. The fraction of sp³-hybridized carbons (Fsp3) is 0.438. The second-order valence-corrected chi connectivity index (χ2v) is 5.92. The third kappa shape index (κ3) is 2.53. The largest absolute Gasteiger partial charge is 0.498 e. The minimum atomic E-state index is -2.98. The molecule has 5 nitrogen and oxygen atoms in total. The highest BCUT2D eigenvalue weighted by atomic mass is 16.7. The van der Waals surface area contributed by atoms with Crippen LogP contribution in [0.1, 0.15) is 40.0 Å². The maximum absolute atomic E-state index is 8.47. The summed E-state index contributed by atoms with van der Waals surface area (Å²) >= 11 is 0. The third-order valence-electron chi connectivity index (χ3n) is 3.89. The van der Waals surface area contributed by atoms with Gasteiger partial charge < -0.3 is 14.0 Å². The van der Waals surface area contributed by atoms with Crippen LogP contribution in [0.15, 0.2) is 36.5 Å². The summed E-state index contributed by atoms with van der Waals surface area (Å²) in [5.41, 5.74) is -1.93. The molecule has 6 heteroatoms. The highest BCUT2D eigenvalue weighted by Crippen LogP contribution is 2.36. The van der Waals surface area contributed by atoms with E-state index in [1.165, 1.54) is 0 Å². The van der Waals surface area contributed by atoms with Crippen LogP contribution in [0.3, 0.4) is 0 Å². The van der Waals surface area contributed by atoms with Gasteiger partial charge >= 0.3 is 7.12 Å². The average Bonchev–Trinajstić information content (AvgIpc) is 3.00. The van der Waals surface area contributed by atoms with Gasteiger partial charge in [0.2, 0.25) is 0 Å². The van der Waals surface area contributed by atoms with Gasteiger partial charge in [-0.05, 0) is 51.9 Å². The van der Waals surface area contributed by atoms with E-state index in [1.54, 1.807) is 27.7 Å². The van der Waals surface area contributed by atoms with Gasteiger partial charge in [-0.15, -0.1) is 0 Å². The highest BCUT2D eigenvalue weighted by molar-refractivity contribution is 6.62. The molecule has 3 rings (SSSR count). The predicted octanol–water partition coefficient (Wildman–Crippen LogP) is 2.18. The molecule has 1 aromatic carbocycles. The summed E-state index contributed by atoms with van der Waals surface area (Å²) in [7, 11) is -4.07. The Morgan fingerprint density at radius 2 is 1.82 bits per heavy atom. The minimum absolute atomic E-state index is 0.0293. The Kier molecular flexibility index (Phi) is 1.79. The lowest BCUT2D eigenvalue weighted by Crippen LogP contribution is -2.41. The van der Waals surface area contributed by atoms with Gasteiger partial charge in [0.1, 0.15) is 5.75 Å². The summed E-state index contributed by atoms with van der Waals surface area (Å²) in [5.74, 6) is -0.741. The van der Waals surface area contributed by atoms with Crippen LogP contribution in [-0.4, -0.2) is 35.1 Å². The second kappa shape index (κ2) is 5.14. The van der Waals surface area contributed by atoms with Crippen molar-refractivity contribution < 1.29 is 26.4 Å². The van der Waals surface area contributed by atoms with Crippen LogP contribution in [0, 0.1) is 0 Å². The Morgan fingerprint density at radius 1 is 1.18 bits per heavy atom. The van der Waals surface area contributed by atoms with Gasteiger partial charge in [0, 0.05) is 17.8 Å². The number of methoxy groups -OCH3 is 1. The van der Waals surface area contributed by atoms with E-state index in [0.717, 1.165) is 4.68 Å². The quantitative estimate of drug-likeness (QED) is 0.815. The number of benzene rings is 1. The Balaban J connectivity index is 2.15. The van der Waals surface area contributed by atoms with E-state index < -0.39 is 67.1 Å². The maximum atomic E-state index is 8.47. The molecule has 0 saturated carbocycles. The van der Waals surface area contributed by atoms with Gasteiger partial charge in [-0.3, -0.25) is 0 Å². The lowest BCUT2D eigenvalue weighted by molar-refractivity contribution is 0.00578. The number of ether oxygens (including phenoxy) is 1. The van der Waals surface area contributed by atoms with E-state index >= 15 is 0 Å². The van der Waals surface area contributed by atoms with E-state index in [1.807, 2.05) is 0 Å². The van der Waals surface area contributed by atoms with Gasteiger partial charge in [-0.25, -0.2) is 4.68 Å². The lowest BCUT2D eigenvalue weighted by atomic mass is 9.82. The van der Waals surface area contributed by atoms with Crippen molar-refractivity contribution in [2.75, 3.05) is 7.04 Å².